The molecule has 4 nitrogen and oxygen atoms in total. The number of carbonyl (C=O) groups excluding carboxylic acids is 1. The number of unbranched alkanes of at least 4 members (excludes halogenated alkanes) is 23. The Morgan fingerprint density at radius 3 is 1.40 bits per heavy atom. The molecule has 4 heteroatoms. The van der Waals surface area contributed by atoms with Gasteiger partial charge in [-0.3, -0.25) is 4.79 Å². The minimum atomic E-state index is -0.655. The maximum absolute atomic E-state index is 12.3. The molecule has 0 aromatic carbocycles. The molecule has 0 heterocycles. The Hall–Kier alpha value is -0.870. The van der Waals surface area contributed by atoms with Gasteiger partial charge in [-0.05, 0) is 38.5 Å². The van der Waals surface area contributed by atoms with Gasteiger partial charge in [-0.1, -0.05) is 161 Å². The monoisotopic (exact) mass is 566 g/mol. The number of aliphatic hydroxyl groups is 2. The molecule has 0 rings (SSSR count). The summed E-state index contributed by atoms with van der Waals surface area (Å²) in [7, 11) is 0. The Balaban J connectivity index is 3.56. The molecule has 0 bridgehead atoms. The zero-order chi connectivity index (χ0) is 29.4. The second-order valence-electron chi connectivity index (χ2n) is 12.3. The molecule has 0 aromatic rings. The first-order valence-corrected chi connectivity index (χ1v) is 17.9. The molecule has 238 valence electrons. The van der Waals surface area contributed by atoms with Crippen molar-refractivity contribution in [1.82, 2.24) is 5.32 Å². The van der Waals surface area contributed by atoms with E-state index in [0.717, 1.165) is 25.7 Å². The Bertz CT molecular complexity index is 536. The van der Waals surface area contributed by atoms with Gasteiger partial charge < -0.3 is 15.5 Å². The van der Waals surface area contributed by atoms with Gasteiger partial charge in [-0.15, -0.1) is 0 Å². The number of rotatable bonds is 32. The number of allylic oxidation sites excluding steroid dienone is 2. The highest BCUT2D eigenvalue weighted by molar-refractivity contribution is 5.76. The van der Waals surface area contributed by atoms with E-state index in [4.69, 9.17) is 0 Å². The molecule has 2 atom stereocenters. The van der Waals surface area contributed by atoms with Gasteiger partial charge in [0.2, 0.25) is 5.91 Å². The third-order valence-corrected chi connectivity index (χ3v) is 8.28. The van der Waals surface area contributed by atoms with Gasteiger partial charge in [0.15, 0.2) is 0 Å². The van der Waals surface area contributed by atoms with Crippen molar-refractivity contribution in [2.24, 2.45) is 0 Å². The molecule has 0 aromatic heterocycles. The molecule has 1 amide bonds. The van der Waals surface area contributed by atoms with Crippen molar-refractivity contribution >= 4 is 5.91 Å². The van der Waals surface area contributed by atoms with Crippen LogP contribution in [0.3, 0.4) is 0 Å². The van der Waals surface area contributed by atoms with Crippen LogP contribution < -0.4 is 5.32 Å². The maximum atomic E-state index is 12.3. The largest absolute Gasteiger partial charge is 0.394 e. The van der Waals surface area contributed by atoms with Crippen LogP contribution in [0.1, 0.15) is 194 Å². The van der Waals surface area contributed by atoms with Gasteiger partial charge in [-0.2, -0.15) is 0 Å². The molecule has 0 saturated carbocycles. The van der Waals surface area contributed by atoms with Crippen LogP contribution in [0.15, 0.2) is 12.2 Å². The second kappa shape index (κ2) is 32.6. The van der Waals surface area contributed by atoms with Crippen LogP contribution in [0.25, 0.3) is 0 Å². The summed E-state index contributed by atoms with van der Waals surface area (Å²) in [6.45, 7) is 4.33. The van der Waals surface area contributed by atoms with Crippen LogP contribution >= 0.6 is 0 Å². The average molecular weight is 566 g/mol. The van der Waals surface area contributed by atoms with E-state index in [9.17, 15) is 15.0 Å². The summed E-state index contributed by atoms with van der Waals surface area (Å²) in [6, 6.07) is -0.532. The lowest BCUT2D eigenvalue weighted by atomic mass is 10.0. The van der Waals surface area contributed by atoms with E-state index in [-0.39, 0.29) is 12.5 Å². The van der Waals surface area contributed by atoms with Crippen LogP contribution in [0.2, 0.25) is 0 Å². The first-order valence-electron chi connectivity index (χ1n) is 17.9. The van der Waals surface area contributed by atoms with E-state index in [1.807, 2.05) is 0 Å². The van der Waals surface area contributed by atoms with Gasteiger partial charge in [0.25, 0.3) is 0 Å². The van der Waals surface area contributed by atoms with Crippen molar-refractivity contribution in [3.05, 3.63) is 12.2 Å². The molecule has 0 saturated heterocycles. The van der Waals surface area contributed by atoms with Crippen molar-refractivity contribution in [1.29, 1.82) is 0 Å². The standard InChI is InChI=1S/C36H71NO3/c1-3-5-7-9-11-13-15-17-18-20-22-24-26-28-30-32-36(40)37-34(33-38)35(39)31-29-27-25-23-21-19-16-14-12-10-8-6-4-2/h13,15,34-35,38-39H,3-12,14,16-33H2,1-2H3,(H,37,40)/b15-13-. The van der Waals surface area contributed by atoms with Crippen molar-refractivity contribution in [3.63, 3.8) is 0 Å². The van der Waals surface area contributed by atoms with Crippen molar-refractivity contribution in [3.8, 4) is 0 Å². The van der Waals surface area contributed by atoms with Crippen molar-refractivity contribution in [2.45, 2.75) is 206 Å². The predicted octanol–water partition coefficient (Wildman–Crippen LogP) is 10.3. The minimum absolute atomic E-state index is 0.0371. The third kappa shape index (κ3) is 28.7. The molecule has 0 radical (unpaired) electrons. The summed E-state index contributed by atoms with van der Waals surface area (Å²) in [4.78, 5) is 12.3. The molecule has 2 unspecified atom stereocenters. The molecular formula is C36H71NO3. The van der Waals surface area contributed by atoms with Crippen molar-refractivity contribution in [2.75, 3.05) is 6.61 Å². The molecule has 40 heavy (non-hydrogen) atoms. The smallest absolute Gasteiger partial charge is 0.220 e. The Morgan fingerprint density at radius 1 is 0.575 bits per heavy atom. The zero-order valence-corrected chi connectivity index (χ0v) is 27.1. The number of aliphatic hydroxyl groups excluding tert-OH is 2. The zero-order valence-electron chi connectivity index (χ0n) is 27.1. The molecule has 3 N–H and O–H groups in total. The lowest BCUT2D eigenvalue weighted by Crippen LogP contribution is -2.45. The van der Waals surface area contributed by atoms with Gasteiger partial charge in [0, 0.05) is 6.42 Å². The fourth-order valence-corrected chi connectivity index (χ4v) is 5.47. The van der Waals surface area contributed by atoms with Crippen LogP contribution in [0.5, 0.6) is 0 Å². The van der Waals surface area contributed by atoms with Gasteiger partial charge in [-0.25, -0.2) is 0 Å². The predicted molar refractivity (Wildman–Crippen MR) is 175 cm³/mol. The van der Waals surface area contributed by atoms with E-state index >= 15 is 0 Å². The molecule has 0 aliphatic carbocycles. The number of hydrogen-bond donors (Lipinski definition) is 3. The number of carbonyl (C=O) groups is 1. The summed E-state index contributed by atoms with van der Waals surface area (Å²) in [5, 5.41) is 23.0. The quantitative estimate of drug-likeness (QED) is 0.0561. The maximum Gasteiger partial charge on any atom is 0.220 e. The van der Waals surface area contributed by atoms with Crippen LogP contribution in [-0.4, -0.2) is 34.9 Å². The fourth-order valence-electron chi connectivity index (χ4n) is 5.47. The molecule has 0 fully saturated rings. The molecule has 0 aliphatic rings. The SMILES string of the molecule is CCCCCC/C=C\CCCCCCCCCC(=O)NC(CO)C(O)CCCCCCCCCCCCCCC. The lowest BCUT2D eigenvalue weighted by Gasteiger charge is -2.22. The van der Waals surface area contributed by atoms with Gasteiger partial charge in [0.05, 0.1) is 18.8 Å². The second-order valence-corrected chi connectivity index (χ2v) is 12.3. The van der Waals surface area contributed by atoms with Gasteiger partial charge >= 0.3 is 0 Å². The summed E-state index contributed by atoms with van der Waals surface area (Å²) in [6.07, 6.45) is 38.3. The Morgan fingerprint density at radius 2 is 0.950 bits per heavy atom. The number of nitrogens with one attached hydrogen (secondary N) is 1. The van der Waals surface area contributed by atoms with E-state index in [0.29, 0.717) is 12.8 Å². The minimum Gasteiger partial charge on any atom is -0.394 e. The van der Waals surface area contributed by atoms with Crippen molar-refractivity contribution < 1.29 is 15.0 Å². The first kappa shape index (κ1) is 39.1. The Labute approximate surface area is 250 Å². The highest BCUT2D eigenvalue weighted by Crippen LogP contribution is 2.15. The summed E-state index contributed by atoms with van der Waals surface area (Å²) in [5.41, 5.74) is 0. The summed E-state index contributed by atoms with van der Waals surface area (Å²) < 4.78 is 0. The molecular weight excluding hydrogens is 494 g/mol. The highest BCUT2D eigenvalue weighted by atomic mass is 16.3. The Kier molecular flexibility index (Phi) is 31.9. The van der Waals surface area contributed by atoms with E-state index < -0.39 is 12.1 Å². The third-order valence-electron chi connectivity index (χ3n) is 8.28. The van der Waals surface area contributed by atoms with E-state index in [1.165, 1.54) is 141 Å². The summed E-state index contributed by atoms with van der Waals surface area (Å²) in [5.74, 6) is -0.0371. The molecule has 0 aliphatic heterocycles. The number of amides is 1. The first-order chi connectivity index (χ1) is 19.7. The average Bonchev–Trinajstić information content (AvgIpc) is 2.96. The molecule has 0 spiro atoms. The fraction of sp³-hybridized carbons (Fsp3) is 0.917. The highest BCUT2D eigenvalue weighted by Gasteiger charge is 2.19. The van der Waals surface area contributed by atoms with Crippen LogP contribution in [0.4, 0.5) is 0 Å². The van der Waals surface area contributed by atoms with E-state index in [1.54, 1.807) is 0 Å². The van der Waals surface area contributed by atoms with E-state index in [2.05, 4.69) is 31.3 Å². The lowest BCUT2D eigenvalue weighted by molar-refractivity contribution is -0.123. The summed E-state index contributed by atoms with van der Waals surface area (Å²) >= 11 is 0. The topological polar surface area (TPSA) is 69.6 Å². The van der Waals surface area contributed by atoms with Crippen LogP contribution in [0, 0.1) is 0 Å². The van der Waals surface area contributed by atoms with Crippen LogP contribution in [-0.2, 0) is 4.79 Å². The number of hydrogen-bond acceptors (Lipinski definition) is 3. The van der Waals surface area contributed by atoms with Gasteiger partial charge in [0.1, 0.15) is 0 Å². The normalized spacial score (nSPS) is 13.2.